The van der Waals surface area contributed by atoms with Crippen LogP contribution in [0.1, 0.15) is 38.2 Å². The fraction of sp³-hybridized carbons (Fsp3) is 0.684. The number of hydrogen-bond donors (Lipinski definition) is 2. The van der Waals surface area contributed by atoms with E-state index in [4.69, 9.17) is 4.74 Å². The van der Waals surface area contributed by atoms with Gasteiger partial charge in [0.05, 0.1) is 18.3 Å². The van der Waals surface area contributed by atoms with Crippen molar-refractivity contribution in [2.75, 3.05) is 26.2 Å². The maximum absolute atomic E-state index is 10.5. The second-order valence-electron chi connectivity index (χ2n) is 7.23. The SMILES string of the molecule is C[C@@H](NCC1(O)CCCC1)[C@H]1CN(Cc2ccccc2)CCO1. The number of benzene rings is 1. The molecule has 0 amide bonds. The van der Waals surface area contributed by atoms with Gasteiger partial charge in [0, 0.05) is 32.2 Å². The summed E-state index contributed by atoms with van der Waals surface area (Å²) in [5.41, 5.74) is 0.862. The maximum atomic E-state index is 10.5. The van der Waals surface area contributed by atoms with Crippen molar-refractivity contribution in [3.63, 3.8) is 0 Å². The van der Waals surface area contributed by atoms with Crippen LogP contribution in [0.3, 0.4) is 0 Å². The fourth-order valence-electron chi connectivity index (χ4n) is 3.71. The van der Waals surface area contributed by atoms with E-state index in [1.54, 1.807) is 0 Å². The van der Waals surface area contributed by atoms with Crippen LogP contribution in [-0.4, -0.2) is 54.0 Å². The van der Waals surface area contributed by atoms with Crippen LogP contribution in [0.15, 0.2) is 30.3 Å². The van der Waals surface area contributed by atoms with E-state index in [1.165, 1.54) is 5.56 Å². The molecular weight excluding hydrogens is 288 g/mol. The number of nitrogens with zero attached hydrogens (tertiary/aromatic N) is 1. The predicted octanol–water partition coefficient (Wildman–Crippen LogP) is 2.17. The van der Waals surface area contributed by atoms with E-state index in [1.807, 2.05) is 0 Å². The van der Waals surface area contributed by atoms with Crippen molar-refractivity contribution < 1.29 is 9.84 Å². The summed E-state index contributed by atoms with van der Waals surface area (Å²) in [5.74, 6) is 0. The van der Waals surface area contributed by atoms with Crippen LogP contribution in [0.25, 0.3) is 0 Å². The highest BCUT2D eigenvalue weighted by Crippen LogP contribution is 2.28. The minimum atomic E-state index is -0.493. The maximum Gasteiger partial charge on any atom is 0.0852 e. The second kappa shape index (κ2) is 7.75. The molecule has 4 nitrogen and oxygen atoms in total. The Labute approximate surface area is 139 Å². The standard InChI is InChI=1S/C19H30N2O2/c1-16(20-15-19(22)9-5-6-10-19)18-14-21(11-12-23-18)13-17-7-3-2-4-8-17/h2-4,7-8,16,18,20,22H,5-6,9-15H2,1H3/t16-,18-/m1/s1. The van der Waals surface area contributed by atoms with Gasteiger partial charge in [0.15, 0.2) is 0 Å². The van der Waals surface area contributed by atoms with Crippen molar-refractivity contribution >= 4 is 0 Å². The zero-order valence-corrected chi connectivity index (χ0v) is 14.2. The summed E-state index contributed by atoms with van der Waals surface area (Å²) >= 11 is 0. The number of rotatable bonds is 6. The Morgan fingerprint density at radius 2 is 2.04 bits per heavy atom. The van der Waals surface area contributed by atoms with Crippen molar-refractivity contribution in [3.05, 3.63) is 35.9 Å². The largest absolute Gasteiger partial charge is 0.389 e. The monoisotopic (exact) mass is 318 g/mol. The molecule has 1 aromatic rings. The van der Waals surface area contributed by atoms with Crippen LogP contribution in [-0.2, 0) is 11.3 Å². The summed E-state index contributed by atoms with van der Waals surface area (Å²) < 4.78 is 5.97. The molecule has 1 aliphatic heterocycles. The van der Waals surface area contributed by atoms with E-state index in [-0.39, 0.29) is 12.1 Å². The highest BCUT2D eigenvalue weighted by molar-refractivity contribution is 5.14. The lowest BCUT2D eigenvalue weighted by Crippen LogP contribution is -2.53. The lowest BCUT2D eigenvalue weighted by Gasteiger charge is -2.37. The summed E-state index contributed by atoms with van der Waals surface area (Å²) in [4.78, 5) is 2.46. The van der Waals surface area contributed by atoms with Crippen molar-refractivity contribution in [1.82, 2.24) is 10.2 Å². The van der Waals surface area contributed by atoms with E-state index in [0.717, 1.165) is 51.9 Å². The third-order valence-electron chi connectivity index (χ3n) is 5.27. The first kappa shape index (κ1) is 16.9. The highest BCUT2D eigenvalue weighted by Gasteiger charge is 2.32. The van der Waals surface area contributed by atoms with Crippen molar-refractivity contribution in [1.29, 1.82) is 0 Å². The molecule has 1 heterocycles. The summed E-state index contributed by atoms with van der Waals surface area (Å²) in [6.07, 6.45) is 4.35. The molecule has 2 aliphatic rings. The average molecular weight is 318 g/mol. The van der Waals surface area contributed by atoms with E-state index in [0.29, 0.717) is 6.54 Å². The van der Waals surface area contributed by atoms with Crippen molar-refractivity contribution in [3.8, 4) is 0 Å². The summed E-state index contributed by atoms with van der Waals surface area (Å²) in [7, 11) is 0. The Balaban J connectivity index is 1.47. The Morgan fingerprint density at radius 1 is 1.30 bits per heavy atom. The van der Waals surface area contributed by atoms with Crippen LogP contribution in [0.2, 0.25) is 0 Å². The molecule has 0 bridgehead atoms. The fourth-order valence-corrected chi connectivity index (χ4v) is 3.71. The Hall–Kier alpha value is -0.940. The third-order valence-corrected chi connectivity index (χ3v) is 5.27. The Kier molecular flexibility index (Phi) is 5.70. The molecule has 1 saturated heterocycles. The van der Waals surface area contributed by atoms with Gasteiger partial charge in [0.25, 0.3) is 0 Å². The van der Waals surface area contributed by atoms with Gasteiger partial charge in [0.1, 0.15) is 0 Å². The van der Waals surface area contributed by atoms with E-state index >= 15 is 0 Å². The van der Waals surface area contributed by atoms with Gasteiger partial charge < -0.3 is 15.2 Å². The van der Waals surface area contributed by atoms with Gasteiger partial charge in [-0.3, -0.25) is 4.90 Å². The van der Waals surface area contributed by atoms with E-state index < -0.39 is 5.60 Å². The number of ether oxygens (including phenoxy) is 1. The molecule has 0 spiro atoms. The first-order valence-corrected chi connectivity index (χ1v) is 8.98. The molecular formula is C19H30N2O2. The van der Waals surface area contributed by atoms with Crippen LogP contribution < -0.4 is 5.32 Å². The lowest BCUT2D eigenvalue weighted by molar-refractivity contribution is -0.0503. The predicted molar refractivity (Wildman–Crippen MR) is 92.3 cm³/mol. The Morgan fingerprint density at radius 3 is 2.78 bits per heavy atom. The molecule has 1 aliphatic carbocycles. The first-order chi connectivity index (χ1) is 11.1. The quantitative estimate of drug-likeness (QED) is 0.844. The van der Waals surface area contributed by atoms with Gasteiger partial charge in [-0.2, -0.15) is 0 Å². The average Bonchev–Trinajstić information content (AvgIpc) is 3.01. The summed E-state index contributed by atoms with van der Waals surface area (Å²) in [6, 6.07) is 10.9. The molecule has 0 unspecified atom stereocenters. The van der Waals surface area contributed by atoms with E-state index in [2.05, 4.69) is 47.5 Å². The minimum absolute atomic E-state index is 0.192. The summed E-state index contributed by atoms with van der Waals surface area (Å²) in [5, 5.41) is 14.0. The molecule has 0 radical (unpaired) electrons. The number of nitrogens with one attached hydrogen (secondary N) is 1. The van der Waals surface area contributed by atoms with Gasteiger partial charge in [-0.25, -0.2) is 0 Å². The molecule has 2 atom stereocenters. The van der Waals surface area contributed by atoms with Crippen LogP contribution in [0.4, 0.5) is 0 Å². The first-order valence-electron chi connectivity index (χ1n) is 8.98. The normalized spacial score (nSPS) is 26.3. The lowest BCUT2D eigenvalue weighted by atomic mass is 10.0. The highest BCUT2D eigenvalue weighted by atomic mass is 16.5. The number of hydrogen-bond acceptors (Lipinski definition) is 4. The van der Waals surface area contributed by atoms with Gasteiger partial charge in [-0.05, 0) is 25.3 Å². The van der Waals surface area contributed by atoms with Crippen LogP contribution in [0, 0.1) is 0 Å². The number of aliphatic hydroxyl groups is 1. The topological polar surface area (TPSA) is 44.7 Å². The van der Waals surface area contributed by atoms with Crippen molar-refractivity contribution in [2.45, 2.75) is 56.9 Å². The molecule has 2 N–H and O–H groups in total. The molecule has 128 valence electrons. The summed E-state index contributed by atoms with van der Waals surface area (Å²) in [6.45, 7) is 6.57. The molecule has 1 saturated carbocycles. The van der Waals surface area contributed by atoms with Gasteiger partial charge in [0.2, 0.25) is 0 Å². The van der Waals surface area contributed by atoms with Gasteiger partial charge >= 0.3 is 0 Å². The van der Waals surface area contributed by atoms with Gasteiger partial charge in [-0.1, -0.05) is 43.2 Å². The second-order valence-corrected chi connectivity index (χ2v) is 7.23. The third kappa shape index (κ3) is 4.77. The Bertz CT molecular complexity index is 474. The van der Waals surface area contributed by atoms with Crippen molar-refractivity contribution in [2.24, 2.45) is 0 Å². The smallest absolute Gasteiger partial charge is 0.0852 e. The van der Waals surface area contributed by atoms with E-state index in [9.17, 15) is 5.11 Å². The molecule has 2 fully saturated rings. The minimum Gasteiger partial charge on any atom is -0.389 e. The van der Waals surface area contributed by atoms with Crippen LogP contribution >= 0.6 is 0 Å². The zero-order chi connectivity index (χ0) is 16.1. The zero-order valence-electron chi connectivity index (χ0n) is 14.2. The molecule has 1 aromatic carbocycles. The molecule has 23 heavy (non-hydrogen) atoms. The molecule has 4 heteroatoms. The van der Waals surface area contributed by atoms with Crippen LogP contribution in [0.5, 0.6) is 0 Å². The number of morpholine rings is 1. The van der Waals surface area contributed by atoms with Gasteiger partial charge in [-0.15, -0.1) is 0 Å². The molecule has 0 aromatic heterocycles. The molecule has 3 rings (SSSR count).